The van der Waals surface area contributed by atoms with Gasteiger partial charge in [0.2, 0.25) is 0 Å². The van der Waals surface area contributed by atoms with Crippen LogP contribution in [0.3, 0.4) is 0 Å². The number of hydrogen-bond donors (Lipinski definition) is 0. The highest BCUT2D eigenvalue weighted by Gasteiger charge is 2.32. The summed E-state index contributed by atoms with van der Waals surface area (Å²) in [5, 5.41) is 1.75. The monoisotopic (exact) mass is 326 g/mol. The van der Waals surface area contributed by atoms with Gasteiger partial charge in [0.05, 0.1) is 12.3 Å². The highest BCUT2D eigenvalue weighted by atomic mass is 32.2. The zero-order valence-corrected chi connectivity index (χ0v) is 14.3. The number of hydrogen-bond acceptors (Lipinski definition) is 6. The lowest BCUT2D eigenvalue weighted by atomic mass is 9.91. The van der Waals surface area contributed by atoms with Crippen LogP contribution in [0.5, 0.6) is 0 Å². The number of carbonyl (C=O) groups is 1. The summed E-state index contributed by atoms with van der Waals surface area (Å²) < 4.78 is 5.22. The van der Waals surface area contributed by atoms with E-state index in [9.17, 15) is 4.79 Å². The van der Waals surface area contributed by atoms with Crippen molar-refractivity contribution in [1.29, 1.82) is 0 Å². The Balaban J connectivity index is 1.82. The van der Waals surface area contributed by atoms with Crippen molar-refractivity contribution in [2.24, 2.45) is 0 Å². The molecule has 0 saturated carbocycles. The van der Waals surface area contributed by atoms with Gasteiger partial charge in [0, 0.05) is 29.0 Å². The maximum Gasteiger partial charge on any atom is 0.315 e. The first-order valence-electron chi connectivity index (χ1n) is 7.71. The molecule has 0 amide bonds. The zero-order chi connectivity index (χ0) is 14.8. The van der Waals surface area contributed by atoms with Crippen molar-refractivity contribution >= 4 is 34.2 Å². The first kappa shape index (κ1) is 15.2. The van der Waals surface area contributed by atoms with E-state index in [-0.39, 0.29) is 11.9 Å². The molecule has 21 heavy (non-hydrogen) atoms. The summed E-state index contributed by atoms with van der Waals surface area (Å²) in [6, 6.07) is 0. The van der Waals surface area contributed by atoms with Crippen molar-refractivity contribution in [3.8, 4) is 0 Å². The molecule has 0 aromatic carbocycles. The van der Waals surface area contributed by atoms with Gasteiger partial charge in [0.25, 0.3) is 0 Å². The molecule has 6 heteroatoms. The van der Waals surface area contributed by atoms with Crippen molar-refractivity contribution in [2.45, 2.75) is 44.3 Å². The molecule has 2 atom stereocenters. The second-order valence-electron chi connectivity index (χ2n) is 5.63. The summed E-state index contributed by atoms with van der Waals surface area (Å²) in [7, 11) is 0. The molecule has 1 aromatic rings. The highest BCUT2D eigenvalue weighted by molar-refractivity contribution is 8.00. The number of thiazole rings is 1. The Morgan fingerprint density at radius 2 is 2.38 bits per heavy atom. The summed E-state index contributed by atoms with van der Waals surface area (Å²) in [6.07, 6.45) is 2.99. The standard InChI is InChI=1S/C15H22N2O2S2/c1-3-19-14(18)11-5-4-6-12-13(11)16-15(21-12)17-7-8-20-10(2)9-17/h10-11H,3-9H2,1-2H3. The zero-order valence-electron chi connectivity index (χ0n) is 12.6. The number of anilines is 1. The third kappa shape index (κ3) is 3.21. The van der Waals surface area contributed by atoms with E-state index >= 15 is 0 Å². The van der Waals surface area contributed by atoms with Gasteiger partial charge in [-0.3, -0.25) is 4.79 Å². The highest BCUT2D eigenvalue weighted by Crippen LogP contribution is 2.39. The number of fused-ring (bicyclic) bond motifs is 1. The molecule has 1 aliphatic heterocycles. The van der Waals surface area contributed by atoms with Crippen LogP contribution in [0.1, 0.15) is 43.2 Å². The van der Waals surface area contributed by atoms with E-state index in [1.54, 1.807) is 11.3 Å². The van der Waals surface area contributed by atoms with Crippen LogP contribution in [0.2, 0.25) is 0 Å². The van der Waals surface area contributed by atoms with Gasteiger partial charge in [-0.1, -0.05) is 6.92 Å². The SMILES string of the molecule is CCOC(=O)C1CCCc2sc(N3CCSC(C)C3)nc21. The lowest BCUT2D eigenvalue weighted by Crippen LogP contribution is -2.36. The van der Waals surface area contributed by atoms with E-state index in [2.05, 4.69) is 11.8 Å². The third-order valence-corrected chi connectivity index (χ3v) is 6.35. The fourth-order valence-electron chi connectivity index (χ4n) is 3.01. The minimum absolute atomic E-state index is 0.0992. The van der Waals surface area contributed by atoms with Gasteiger partial charge in [0.1, 0.15) is 5.92 Å². The lowest BCUT2D eigenvalue weighted by Gasteiger charge is -2.30. The second-order valence-corrected chi connectivity index (χ2v) is 8.24. The van der Waals surface area contributed by atoms with Crippen LogP contribution in [-0.2, 0) is 16.0 Å². The molecular formula is C15H22N2O2S2. The summed E-state index contributed by atoms with van der Waals surface area (Å²) in [6.45, 7) is 6.70. The Morgan fingerprint density at radius 1 is 1.52 bits per heavy atom. The number of rotatable bonds is 3. The fourth-order valence-corrected chi connectivity index (χ4v) is 5.22. The number of nitrogens with zero attached hydrogens (tertiary/aromatic N) is 2. The number of carbonyl (C=O) groups excluding carboxylic acids is 1. The molecule has 0 bridgehead atoms. The third-order valence-electron chi connectivity index (χ3n) is 4.03. The van der Waals surface area contributed by atoms with Crippen molar-refractivity contribution in [3.63, 3.8) is 0 Å². The van der Waals surface area contributed by atoms with Gasteiger partial charge in [-0.25, -0.2) is 4.98 Å². The maximum absolute atomic E-state index is 12.1. The molecule has 0 N–H and O–H groups in total. The number of aromatic nitrogens is 1. The number of aryl methyl sites for hydroxylation is 1. The molecule has 1 fully saturated rings. The number of ether oxygens (including phenoxy) is 1. The van der Waals surface area contributed by atoms with Crippen molar-refractivity contribution in [1.82, 2.24) is 4.98 Å². The Morgan fingerprint density at radius 3 is 3.14 bits per heavy atom. The minimum Gasteiger partial charge on any atom is -0.465 e. The van der Waals surface area contributed by atoms with Crippen molar-refractivity contribution in [2.75, 3.05) is 30.3 Å². The molecule has 2 aliphatic rings. The second kappa shape index (κ2) is 6.57. The predicted molar refractivity (Wildman–Crippen MR) is 88.6 cm³/mol. The molecule has 116 valence electrons. The molecule has 1 aromatic heterocycles. The Hall–Kier alpha value is -0.750. The van der Waals surface area contributed by atoms with Crippen molar-refractivity contribution in [3.05, 3.63) is 10.6 Å². The molecule has 2 heterocycles. The van der Waals surface area contributed by atoms with Crippen LogP contribution < -0.4 is 4.90 Å². The molecule has 0 radical (unpaired) electrons. The smallest absolute Gasteiger partial charge is 0.315 e. The summed E-state index contributed by atoms with van der Waals surface area (Å²) in [5.74, 6) is 0.917. The fraction of sp³-hybridized carbons (Fsp3) is 0.733. The van der Waals surface area contributed by atoms with Crippen molar-refractivity contribution < 1.29 is 9.53 Å². The first-order chi connectivity index (χ1) is 10.2. The summed E-state index contributed by atoms with van der Waals surface area (Å²) in [5.41, 5.74) is 0.991. The molecule has 2 unspecified atom stereocenters. The quantitative estimate of drug-likeness (QED) is 0.799. The molecular weight excluding hydrogens is 304 g/mol. The summed E-state index contributed by atoms with van der Waals surface area (Å²) >= 11 is 3.81. The Labute approximate surface area is 134 Å². The van der Waals surface area contributed by atoms with Gasteiger partial charge < -0.3 is 9.64 Å². The van der Waals surface area contributed by atoms with Crippen LogP contribution >= 0.6 is 23.1 Å². The van der Waals surface area contributed by atoms with Gasteiger partial charge in [-0.05, 0) is 26.2 Å². The Kier molecular flexibility index (Phi) is 4.74. The van der Waals surface area contributed by atoms with E-state index in [0.717, 1.165) is 48.9 Å². The average Bonchev–Trinajstić information content (AvgIpc) is 2.91. The molecule has 1 aliphatic carbocycles. The summed E-state index contributed by atoms with van der Waals surface area (Å²) in [4.78, 5) is 20.6. The lowest BCUT2D eigenvalue weighted by molar-refractivity contribution is -0.145. The van der Waals surface area contributed by atoms with Gasteiger partial charge >= 0.3 is 5.97 Å². The maximum atomic E-state index is 12.1. The normalized spacial score (nSPS) is 25.5. The van der Waals surface area contributed by atoms with Crippen LogP contribution in [0, 0.1) is 0 Å². The van der Waals surface area contributed by atoms with Gasteiger partial charge in [0.15, 0.2) is 5.13 Å². The first-order valence-corrected chi connectivity index (χ1v) is 9.58. The van der Waals surface area contributed by atoms with Gasteiger partial charge in [-0.15, -0.1) is 11.3 Å². The average molecular weight is 326 g/mol. The molecule has 0 spiro atoms. The van der Waals surface area contributed by atoms with Crippen LogP contribution in [0.25, 0.3) is 0 Å². The predicted octanol–water partition coefficient (Wildman–Crippen LogP) is 3.07. The molecule has 4 nitrogen and oxygen atoms in total. The van der Waals surface area contributed by atoms with E-state index in [1.807, 2.05) is 18.7 Å². The van der Waals surface area contributed by atoms with Gasteiger partial charge in [-0.2, -0.15) is 11.8 Å². The van der Waals surface area contributed by atoms with E-state index in [4.69, 9.17) is 9.72 Å². The largest absolute Gasteiger partial charge is 0.465 e. The van der Waals surface area contributed by atoms with E-state index in [1.165, 1.54) is 4.88 Å². The number of esters is 1. The van der Waals surface area contributed by atoms with Crippen LogP contribution in [-0.4, -0.2) is 41.7 Å². The molecule has 3 rings (SSSR count). The van der Waals surface area contributed by atoms with Crippen LogP contribution in [0.4, 0.5) is 5.13 Å². The van der Waals surface area contributed by atoms with E-state index in [0.29, 0.717) is 11.9 Å². The van der Waals surface area contributed by atoms with Crippen LogP contribution in [0.15, 0.2) is 0 Å². The minimum atomic E-state index is -0.143. The molecule has 1 saturated heterocycles. The topological polar surface area (TPSA) is 42.4 Å². The number of thioether (sulfide) groups is 1. The van der Waals surface area contributed by atoms with E-state index < -0.39 is 0 Å². The Bertz CT molecular complexity index is 518.